The minimum absolute atomic E-state index is 0. The number of pyridine rings is 2. The number of fused-ring (bicyclic) bond motifs is 4. The summed E-state index contributed by atoms with van der Waals surface area (Å²) < 4.78 is 12.6. The molecule has 0 N–H and O–H groups in total. The minimum Gasteiger partial charge on any atom is -0.503 e. The minimum atomic E-state index is 0. The van der Waals surface area contributed by atoms with Gasteiger partial charge in [0.05, 0.1) is 0 Å². The first-order valence-corrected chi connectivity index (χ1v) is 13.6. The van der Waals surface area contributed by atoms with Gasteiger partial charge in [-0.3, -0.25) is 0 Å². The molecule has 2 aromatic heterocycles. The molecule has 205 valence electrons. The smallest absolute Gasteiger partial charge is 0.241 e. The molecule has 0 aliphatic carbocycles. The molecule has 0 amide bonds. The van der Waals surface area contributed by atoms with Gasteiger partial charge in [-0.1, -0.05) is 53.6 Å². The van der Waals surface area contributed by atoms with Crippen LogP contribution in [0.5, 0.6) is 23.0 Å². The van der Waals surface area contributed by atoms with Gasteiger partial charge in [-0.15, -0.1) is 59.6 Å². The van der Waals surface area contributed by atoms with Crippen LogP contribution < -0.4 is 25.9 Å². The average Bonchev–Trinajstić information content (AvgIpc) is 3.02. The Morgan fingerprint density at radius 1 is 0.643 bits per heavy atom. The molecule has 2 aliphatic heterocycles. The van der Waals surface area contributed by atoms with Crippen LogP contribution in [-0.2, 0) is 20.1 Å². The average molecular weight is 721 g/mol. The maximum absolute atomic E-state index is 6.41. The van der Waals surface area contributed by atoms with Crippen LogP contribution in [-0.4, -0.2) is 16.7 Å². The summed E-state index contributed by atoms with van der Waals surface area (Å²) in [6, 6.07) is 40.8. The van der Waals surface area contributed by atoms with Crippen molar-refractivity contribution in [2.45, 2.75) is 13.8 Å². The Kier molecular flexibility index (Phi) is 7.75. The molecule has 4 nitrogen and oxygen atoms in total. The quantitative estimate of drug-likeness (QED) is 0.153. The fourth-order valence-corrected chi connectivity index (χ4v) is 5.39. The molecular formula is C36H25BIrN2O2-2. The Labute approximate surface area is 259 Å². The van der Waals surface area contributed by atoms with E-state index in [2.05, 4.69) is 59.4 Å². The topological polar surface area (TPSA) is 44.2 Å². The number of nitrogens with zero attached hydrogens (tertiary/aromatic N) is 2. The van der Waals surface area contributed by atoms with E-state index >= 15 is 0 Å². The summed E-state index contributed by atoms with van der Waals surface area (Å²) in [5, 5.41) is 0. The number of aromatic nitrogens is 2. The van der Waals surface area contributed by atoms with Gasteiger partial charge in [-0.05, 0) is 60.5 Å². The van der Waals surface area contributed by atoms with Crippen molar-refractivity contribution in [3.63, 3.8) is 0 Å². The van der Waals surface area contributed by atoms with Crippen molar-refractivity contribution < 1.29 is 29.6 Å². The number of benzene rings is 4. The normalized spacial score (nSPS) is 11.7. The Morgan fingerprint density at radius 3 is 2.24 bits per heavy atom. The Morgan fingerprint density at radius 2 is 1.45 bits per heavy atom. The van der Waals surface area contributed by atoms with E-state index in [1.807, 2.05) is 92.1 Å². The van der Waals surface area contributed by atoms with Gasteiger partial charge in [0.1, 0.15) is 17.2 Å². The fraction of sp³-hybridized carbons (Fsp3) is 0.0556. The van der Waals surface area contributed by atoms with E-state index in [9.17, 15) is 0 Å². The van der Waals surface area contributed by atoms with Crippen molar-refractivity contribution in [3.8, 4) is 45.5 Å². The zero-order valence-electron chi connectivity index (χ0n) is 23.1. The molecule has 0 fully saturated rings. The van der Waals surface area contributed by atoms with Crippen molar-refractivity contribution in [1.29, 1.82) is 0 Å². The van der Waals surface area contributed by atoms with E-state index in [4.69, 9.17) is 9.47 Å². The predicted octanol–water partition coefficient (Wildman–Crippen LogP) is 6.44. The number of aryl methyl sites for hydroxylation is 2. The van der Waals surface area contributed by atoms with Gasteiger partial charge in [0.25, 0.3) is 0 Å². The maximum Gasteiger partial charge on any atom is 0.241 e. The van der Waals surface area contributed by atoms with Gasteiger partial charge < -0.3 is 19.4 Å². The van der Waals surface area contributed by atoms with Crippen molar-refractivity contribution in [1.82, 2.24) is 9.97 Å². The van der Waals surface area contributed by atoms with Crippen LogP contribution in [0.15, 0.2) is 116 Å². The molecule has 8 rings (SSSR count). The van der Waals surface area contributed by atoms with Gasteiger partial charge in [-0.2, -0.15) is 0 Å². The Bertz CT molecular complexity index is 1880. The summed E-state index contributed by atoms with van der Waals surface area (Å²) in [5.41, 5.74) is 9.48. The number of para-hydroxylation sites is 1. The molecule has 0 atom stereocenters. The molecule has 0 bridgehead atoms. The third-order valence-corrected chi connectivity index (χ3v) is 7.34. The first-order valence-electron chi connectivity index (χ1n) is 13.6. The third-order valence-electron chi connectivity index (χ3n) is 7.34. The summed E-state index contributed by atoms with van der Waals surface area (Å²) in [6.07, 6.45) is 3.70. The maximum atomic E-state index is 6.41. The van der Waals surface area contributed by atoms with E-state index in [1.54, 1.807) is 0 Å². The summed E-state index contributed by atoms with van der Waals surface area (Å²) in [6.45, 7) is 4.17. The molecule has 4 heterocycles. The van der Waals surface area contributed by atoms with Crippen molar-refractivity contribution >= 4 is 23.1 Å². The number of hydrogen-bond acceptors (Lipinski definition) is 4. The molecule has 1 radical (unpaired) electrons. The van der Waals surface area contributed by atoms with Crippen molar-refractivity contribution in [3.05, 3.63) is 139 Å². The van der Waals surface area contributed by atoms with Crippen molar-refractivity contribution in [2.24, 2.45) is 0 Å². The van der Waals surface area contributed by atoms with Crippen LogP contribution in [0.4, 0.5) is 0 Å². The second-order valence-corrected chi connectivity index (χ2v) is 10.2. The SMILES string of the molecule is Cc1ccc(-c2[c-]cccc2)nc1.Cc1ccnc(-c2[c-]ccc3c2Oc2cccc4c2B3c2ccccc2O4)c1.[Ir]. The third kappa shape index (κ3) is 5.16. The van der Waals surface area contributed by atoms with Gasteiger partial charge in [0.15, 0.2) is 0 Å². The van der Waals surface area contributed by atoms with Crippen LogP contribution in [0.2, 0.25) is 0 Å². The zero-order valence-corrected chi connectivity index (χ0v) is 25.5. The number of hydrogen-bond donors (Lipinski definition) is 0. The van der Waals surface area contributed by atoms with Crippen LogP contribution in [0.3, 0.4) is 0 Å². The second kappa shape index (κ2) is 11.8. The van der Waals surface area contributed by atoms with Crippen LogP contribution in [0.1, 0.15) is 11.1 Å². The van der Waals surface area contributed by atoms with Gasteiger partial charge in [0.2, 0.25) is 6.71 Å². The van der Waals surface area contributed by atoms with E-state index in [-0.39, 0.29) is 26.8 Å². The van der Waals surface area contributed by atoms with Crippen LogP contribution in [0.25, 0.3) is 22.5 Å². The van der Waals surface area contributed by atoms with Crippen molar-refractivity contribution in [2.75, 3.05) is 0 Å². The van der Waals surface area contributed by atoms with Crippen LogP contribution >= 0.6 is 0 Å². The largest absolute Gasteiger partial charge is 0.503 e. The predicted molar refractivity (Wildman–Crippen MR) is 164 cm³/mol. The molecule has 4 aromatic carbocycles. The Hall–Kier alpha value is -4.51. The van der Waals surface area contributed by atoms with Crippen LogP contribution in [0, 0.1) is 26.0 Å². The van der Waals surface area contributed by atoms with E-state index < -0.39 is 0 Å². The zero-order chi connectivity index (χ0) is 27.8. The van der Waals surface area contributed by atoms with E-state index in [0.29, 0.717) is 0 Å². The monoisotopic (exact) mass is 721 g/mol. The van der Waals surface area contributed by atoms with E-state index in [0.717, 1.165) is 67.5 Å². The molecule has 42 heavy (non-hydrogen) atoms. The standard InChI is InChI=1S/C24H15BNO2.C12H10N.Ir/c1-15-12-13-26-19(14-15)16-6-4-8-18-24(16)28-22-11-5-10-21-23(22)25(18)17-7-2-3-9-20(17)27-21;1-10-7-8-12(13-9-10)11-5-3-2-4-6-11;/h2-5,7-14H,1H3;2-5,7-9H,1H3;/q2*-1;. The molecule has 0 spiro atoms. The Balaban J connectivity index is 0.000000191. The molecule has 2 aliphatic rings. The molecule has 0 unspecified atom stereocenters. The molecule has 6 aromatic rings. The summed E-state index contributed by atoms with van der Waals surface area (Å²) in [5.74, 6) is 3.41. The van der Waals surface area contributed by atoms with Gasteiger partial charge >= 0.3 is 0 Å². The van der Waals surface area contributed by atoms with Gasteiger partial charge in [-0.25, -0.2) is 0 Å². The number of ether oxygens (including phenoxy) is 2. The first-order chi connectivity index (χ1) is 20.2. The first kappa shape index (κ1) is 27.7. The molecule has 6 heteroatoms. The summed E-state index contributed by atoms with van der Waals surface area (Å²) in [7, 11) is 0. The summed E-state index contributed by atoms with van der Waals surface area (Å²) in [4.78, 5) is 8.88. The number of rotatable bonds is 2. The molecular weight excluding hydrogens is 695 g/mol. The molecule has 0 saturated heterocycles. The second-order valence-electron chi connectivity index (χ2n) is 10.2. The van der Waals surface area contributed by atoms with Gasteiger partial charge in [0, 0.05) is 43.7 Å². The fourth-order valence-electron chi connectivity index (χ4n) is 5.39. The summed E-state index contributed by atoms with van der Waals surface area (Å²) >= 11 is 0. The van der Waals surface area contributed by atoms with E-state index in [1.165, 1.54) is 5.56 Å². The molecule has 0 saturated carbocycles.